The van der Waals surface area contributed by atoms with Gasteiger partial charge in [0.15, 0.2) is 5.16 Å². The average molecular weight is 404 g/mol. The molecule has 0 aliphatic rings. The van der Waals surface area contributed by atoms with E-state index in [4.69, 9.17) is 16.3 Å². The van der Waals surface area contributed by atoms with Gasteiger partial charge in [-0.1, -0.05) is 41.1 Å². The largest absolute Gasteiger partial charge is 0.383 e. The molecule has 2 aromatic carbocycles. The minimum absolute atomic E-state index is 0.0599. The Bertz CT molecular complexity index is 971. The summed E-state index contributed by atoms with van der Waals surface area (Å²) in [6.07, 6.45) is 0. The number of carbonyl (C=O) groups is 1. The average Bonchev–Trinajstić information content (AvgIpc) is 2.97. The molecule has 1 aromatic heterocycles. The molecule has 142 valence electrons. The van der Waals surface area contributed by atoms with Crippen molar-refractivity contribution < 1.29 is 9.53 Å². The van der Waals surface area contributed by atoms with E-state index in [-0.39, 0.29) is 11.7 Å². The molecule has 0 aliphatic carbocycles. The smallest absolute Gasteiger partial charge is 0.234 e. The van der Waals surface area contributed by atoms with Gasteiger partial charge in [-0.05, 0) is 43.7 Å². The summed E-state index contributed by atoms with van der Waals surface area (Å²) in [7, 11) is 1.67. The van der Waals surface area contributed by atoms with Crippen LogP contribution in [0.15, 0.2) is 41.6 Å². The molecule has 0 unspecified atom stereocenters. The molecule has 0 atom stereocenters. The summed E-state index contributed by atoms with van der Waals surface area (Å²) in [5, 5.41) is 4.39. The van der Waals surface area contributed by atoms with Crippen molar-refractivity contribution in [3.63, 3.8) is 0 Å². The number of methoxy groups -OCH3 is 1. The van der Waals surface area contributed by atoms with Gasteiger partial charge >= 0.3 is 0 Å². The predicted molar refractivity (Wildman–Crippen MR) is 112 cm³/mol. The van der Waals surface area contributed by atoms with Crippen molar-refractivity contribution in [3.8, 4) is 0 Å². The van der Waals surface area contributed by atoms with Crippen molar-refractivity contribution in [1.82, 2.24) is 9.55 Å². The van der Waals surface area contributed by atoms with Gasteiger partial charge in [-0.25, -0.2) is 4.98 Å². The number of fused-ring (bicyclic) bond motifs is 1. The number of imidazole rings is 1. The first-order valence-electron chi connectivity index (χ1n) is 8.62. The lowest BCUT2D eigenvalue weighted by Crippen LogP contribution is -2.15. The third-order valence-electron chi connectivity index (χ3n) is 4.18. The number of thioether (sulfide) groups is 1. The van der Waals surface area contributed by atoms with E-state index in [9.17, 15) is 4.79 Å². The van der Waals surface area contributed by atoms with Gasteiger partial charge in [0.05, 0.1) is 23.4 Å². The number of aryl methyl sites for hydroxylation is 2. The number of benzene rings is 2. The molecule has 0 saturated heterocycles. The number of hydrogen-bond acceptors (Lipinski definition) is 4. The zero-order valence-electron chi connectivity index (χ0n) is 15.6. The number of anilines is 1. The minimum atomic E-state index is -0.0599. The molecular formula is C20H22ClN3O2S. The highest BCUT2D eigenvalue weighted by Crippen LogP contribution is 2.26. The van der Waals surface area contributed by atoms with Crippen LogP contribution in [-0.4, -0.2) is 34.9 Å². The fourth-order valence-corrected chi connectivity index (χ4v) is 3.87. The second-order valence-corrected chi connectivity index (χ2v) is 7.71. The predicted octanol–water partition coefficient (Wildman–Crippen LogP) is 4.68. The van der Waals surface area contributed by atoms with Gasteiger partial charge in [0, 0.05) is 24.4 Å². The molecule has 1 amide bonds. The fraction of sp³-hybridized carbons (Fsp3) is 0.300. The van der Waals surface area contributed by atoms with E-state index in [2.05, 4.69) is 20.9 Å². The molecule has 0 fully saturated rings. The molecular weight excluding hydrogens is 382 g/mol. The van der Waals surface area contributed by atoms with Crippen LogP contribution in [0.3, 0.4) is 0 Å². The van der Waals surface area contributed by atoms with E-state index in [1.807, 2.05) is 44.2 Å². The van der Waals surface area contributed by atoms with E-state index >= 15 is 0 Å². The first-order chi connectivity index (χ1) is 13.0. The second-order valence-electron chi connectivity index (χ2n) is 6.33. The van der Waals surface area contributed by atoms with Crippen molar-refractivity contribution >= 4 is 46.0 Å². The highest BCUT2D eigenvalue weighted by Gasteiger charge is 2.14. The zero-order chi connectivity index (χ0) is 19.4. The van der Waals surface area contributed by atoms with Crippen LogP contribution in [0.1, 0.15) is 11.1 Å². The van der Waals surface area contributed by atoms with E-state index in [0.29, 0.717) is 18.2 Å². The molecule has 7 heteroatoms. The fourth-order valence-electron chi connectivity index (χ4n) is 2.86. The Morgan fingerprint density at radius 1 is 1.26 bits per heavy atom. The summed E-state index contributed by atoms with van der Waals surface area (Å²) >= 11 is 7.49. The van der Waals surface area contributed by atoms with Gasteiger partial charge in [0.2, 0.25) is 5.91 Å². The number of amides is 1. The van der Waals surface area contributed by atoms with Crippen molar-refractivity contribution in [2.24, 2.45) is 0 Å². The number of aromatic nitrogens is 2. The van der Waals surface area contributed by atoms with Crippen molar-refractivity contribution in [2.75, 3.05) is 24.8 Å². The van der Waals surface area contributed by atoms with Gasteiger partial charge in [0.25, 0.3) is 0 Å². The standard InChI is InChI=1S/C20H22ClN3O2S/c1-13-4-6-16(14(2)10-13)22-19(25)12-27-20-23-17-11-15(21)5-7-18(17)24(20)8-9-26-3/h4-7,10-11H,8-9,12H2,1-3H3,(H,22,25). The maximum Gasteiger partial charge on any atom is 0.234 e. The number of carbonyl (C=O) groups excluding carboxylic acids is 1. The maximum absolute atomic E-state index is 12.4. The maximum atomic E-state index is 12.4. The Balaban J connectivity index is 1.74. The van der Waals surface area contributed by atoms with E-state index in [0.717, 1.165) is 27.4 Å². The molecule has 1 N–H and O–H groups in total. The number of ether oxygens (including phenoxy) is 1. The minimum Gasteiger partial charge on any atom is -0.383 e. The van der Waals surface area contributed by atoms with Gasteiger partial charge in [-0.3, -0.25) is 4.79 Å². The Labute approximate surface area is 168 Å². The first kappa shape index (κ1) is 19.7. The highest BCUT2D eigenvalue weighted by atomic mass is 35.5. The quantitative estimate of drug-likeness (QED) is 0.582. The third-order valence-corrected chi connectivity index (χ3v) is 5.39. The van der Waals surface area contributed by atoms with E-state index in [1.54, 1.807) is 7.11 Å². The molecule has 3 rings (SSSR count). The van der Waals surface area contributed by atoms with Crippen LogP contribution < -0.4 is 5.32 Å². The van der Waals surface area contributed by atoms with E-state index in [1.165, 1.54) is 17.3 Å². The van der Waals surface area contributed by atoms with Crippen LogP contribution in [0.5, 0.6) is 0 Å². The third kappa shape index (κ3) is 4.83. The summed E-state index contributed by atoms with van der Waals surface area (Å²) in [6, 6.07) is 11.6. The normalized spacial score (nSPS) is 11.1. The topological polar surface area (TPSA) is 56.1 Å². The summed E-state index contributed by atoms with van der Waals surface area (Å²) in [5.41, 5.74) is 4.86. The Hall–Kier alpha value is -2.02. The first-order valence-corrected chi connectivity index (χ1v) is 9.99. The van der Waals surface area contributed by atoms with Crippen LogP contribution in [0, 0.1) is 13.8 Å². The molecule has 0 saturated carbocycles. The SMILES string of the molecule is COCCn1c(SCC(=O)Nc2ccc(C)cc2C)nc2cc(Cl)ccc21. The van der Waals surface area contributed by atoms with Gasteiger partial charge in [0.1, 0.15) is 0 Å². The van der Waals surface area contributed by atoms with Gasteiger partial charge in [-0.2, -0.15) is 0 Å². The van der Waals surface area contributed by atoms with Crippen LogP contribution in [0.4, 0.5) is 5.69 Å². The summed E-state index contributed by atoms with van der Waals surface area (Å²) in [5.74, 6) is 0.215. The molecule has 0 spiro atoms. The molecule has 0 bridgehead atoms. The molecule has 1 heterocycles. The second kappa shape index (κ2) is 8.78. The van der Waals surface area contributed by atoms with Gasteiger partial charge in [-0.15, -0.1) is 0 Å². The zero-order valence-corrected chi connectivity index (χ0v) is 17.2. The number of rotatable bonds is 7. The van der Waals surface area contributed by atoms with Crippen LogP contribution in [0.2, 0.25) is 5.02 Å². The highest BCUT2D eigenvalue weighted by molar-refractivity contribution is 7.99. The number of nitrogens with one attached hydrogen (secondary N) is 1. The van der Waals surface area contributed by atoms with E-state index < -0.39 is 0 Å². The summed E-state index contributed by atoms with van der Waals surface area (Å²) in [6.45, 7) is 5.25. The van der Waals surface area contributed by atoms with Crippen molar-refractivity contribution in [3.05, 3.63) is 52.5 Å². The summed E-state index contributed by atoms with van der Waals surface area (Å²) in [4.78, 5) is 17.0. The van der Waals surface area contributed by atoms with Gasteiger partial charge < -0.3 is 14.6 Å². The number of hydrogen-bond donors (Lipinski definition) is 1. The Morgan fingerprint density at radius 3 is 2.81 bits per heavy atom. The molecule has 0 radical (unpaired) electrons. The molecule has 5 nitrogen and oxygen atoms in total. The Morgan fingerprint density at radius 2 is 2.07 bits per heavy atom. The van der Waals surface area contributed by atoms with Crippen molar-refractivity contribution in [2.45, 2.75) is 25.5 Å². The number of nitrogens with zero attached hydrogens (tertiary/aromatic N) is 2. The summed E-state index contributed by atoms with van der Waals surface area (Å²) < 4.78 is 7.27. The molecule has 27 heavy (non-hydrogen) atoms. The number of halogens is 1. The Kier molecular flexibility index (Phi) is 6.42. The van der Waals surface area contributed by atoms with Crippen LogP contribution in [-0.2, 0) is 16.1 Å². The lowest BCUT2D eigenvalue weighted by Gasteiger charge is -2.10. The monoisotopic (exact) mass is 403 g/mol. The van der Waals surface area contributed by atoms with Crippen LogP contribution in [0.25, 0.3) is 11.0 Å². The lowest BCUT2D eigenvalue weighted by molar-refractivity contribution is -0.113. The van der Waals surface area contributed by atoms with Crippen molar-refractivity contribution in [1.29, 1.82) is 0 Å². The molecule has 3 aromatic rings. The van der Waals surface area contributed by atoms with Crippen LogP contribution >= 0.6 is 23.4 Å². The molecule has 0 aliphatic heterocycles. The lowest BCUT2D eigenvalue weighted by atomic mass is 10.1.